The van der Waals surface area contributed by atoms with Crippen LogP contribution in [-0.2, 0) is 6.42 Å². The largest absolute Gasteiger partial charge is 0.493 e. The summed E-state index contributed by atoms with van der Waals surface area (Å²) in [5, 5.41) is 0. The molecule has 2 aromatic carbocycles. The van der Waals surface area contributed by atoms with Gasteiger partial charge in [0.15, 0.2) is 17.3 Å². The number of hydrogen-bond donors (Lipinski definition) is 0. The SMILES string of the molecule is [CH2]COc1c(-c2cccc3c2CCC3=O)ccc(OC)c1OC. The lowest BCUT2D eigenvalue weighted by Gasteiger charge is -2.18. The number of hydrogen-bond acceptors (Lipinski definition) is 4. The molecule has 2 aromatic rings. The maximum Gasteiger partial charge on any atom is 0.203 e. The minimum Gasteiger partial charge on any atom is -0.493 e. The first-order valence-electron chi connectivity index (χ1n) is 7.53. The second kappa shape index (κ2) is 6.32. The molecule has 0 unspecified atom stereocenters. The number of carbonyl (C=O) groups excluding carboxylic acids is 1. The van der Waals surface area contributed by atoms with Crippen molar-refractivity contribution in [2.45, 2.75) is 12.8 Å². The Morgan fingerprint density at radius 3 is 2.43 bits per heavy atom. The Morgan fingerprint density at radius 2 is 1.74 bits per heavy atom. The van der Waals surface area contributed by atoms with E-state index in [4.69, 9.17) is 14.2 Å². The maximum atomic E-state index is 12.0. The van der Waals surface area contributed by atoms with Crippen molar-refractivity contribution in [3.63, 3.8) is 0 Å². The third-order valence-electron chi connectivity index (χ3n) is 4.12. The van der Waals surface area contributed by atoms with Crippen molar-refractivity contribution in [3.05, 3.63) is 48.4 Å². The van der Waals surface area contributed by atoms with Gasteiger partial charge in [-0.1, -0.05) is 18.2 Å². The van der Waals surface area contributed by atoms with Crippen molar-refractivity contribution in [3.8, 4) is 28.4 Å². The van der Waals surface area contributed by atoms with Gasteiger partial charge in [-0.25, -0.2) is 0 Å². The molecular formula is C19H19O4. The van der Waals surface area contributed by atoms with E-state index in [-0.39, 0.29) is 12.4 Å². The molecule has 0 fully saturated rings. The quantitative estimate of drug-likeness (QED) is 0.844. The lowest BCUT2D eigenvalue weighted by atomic mass is 9.95. The summed E-state index contributed by atoms with van der Waals surface area (Å²) in [5.41, 5.74) is 3.76. The average Bonchev–Trinajstić information content (AvgIpc) is 2.96. The van der Waals surface area contributed by atoms with Crippen LogP contribution in [0.1, 0.15) is 22.3 Å². The molecule has 0 amide bonds. The van der Waals surface area contributed by atoms with Crippen molar-refractivity contribution < 1.29 is 19.0 Å². The van der Waals surface area contributed by atoms with Crippen molar-refractivity contribution in [1.29, 1.82) is 0 Å². The van der Waals surface area contributed by atoms with Gasteiger partial charge in [0, 0.05) is 17.5 Å². The molecule has 0 saturated heterocycles. The Labute approximate surface area is 136 Å². The van der Waals surface area contributed by atoms with Crippen LogP contribution in [-0.4, -0.2) is 26.6 Å². The first kappa shape index (κ1) is 15.4. The first-order valence-corrected chi connectivity index (χ1v) is 7.53. The average molecular weight is 311 g/mol. The number of ether oxygens (including phenoxy) is 3. The van der Waals surface area contributed by atoms with E-state index in [0.717, 1.165) is 28.7 Å². The number of carbonyl (C=O) groups is 1. The summed E-state index contributed by atoms with van der Waals surface area (Å²) in [6.45, 7) is 4.03. The van der Waals surface area contributed by atoms with Crippen LogP contribution in [0, 0.1) is 6.92 Å². The number of fused-ring (bicyclic) bond motifs is 1. The summed E-state index contributed by atoms with van der Waals surface area (Å²) < 4.78 is 16.6. The third-order valence-corrected chi connectivity index (χ3v) is 4.12. The molecule has 1 aliphatic rings. The molecule has 1 radical (unpaired) electrons. The van der Waals surface area contributed by atoms with Gasteiger partial charge in [-0.3, -0.25) is 4.79 Å². The molecule has 0 atom stereocenters. The van der Waals surface area contributed by atoms with E-state index >= 15 is 0 Å². The molecule has 0 spiro atoms. The van der Waals surface area contributed by atoms with Crippen LogP contribution in [0.4, 0.5) is 0 Å². The number of benzene rings is 2. The molecule has 4 nitrogen and oxygen atoms in total. The minimum absolute atomic E-state index is 0.196. The van der Waals surface area contributed by atoms with Crippen LogP contribution in [0.5, 0.6) is 17.2 Å². The number of methoxy groups -OCH3 is 2. The zero-order valence-corrected chi connectivity index (χ0v) is 13.3. The number of rotatable bonds is 5. The Morgan fingerprint density at radius 1 is 0.957 bits per heavy atom. The lowest BCUT2D eigenvalue weighted by Crippen LogP contribution is -2.01. The highest BCUT2D eigenvalue weighted by molar-refractivity contribution is 6.02. The molecule has 3 rings (SSSR count). The van der Waals surface area contributed by atoms with Gasteiger partial charge in [0.05, 0.1) is 20.8 Å². The summed E-state index contributed by atoms with van der Waals surface area (Å²) in [5.74, 6) is 1.93. The molecule has 0 N–H and O–H groups in total. The van der Waals surface area contributed by atoms with Crippen LogP contribution < -0.4 is 14.2 Å². The second-order valence-corrected chi connectivity index (χ2v) is 5.28. The lowest BCUT2D eigenvalue weighted by molar-refractivity contribution is 0.0994. The fourth-order valence-corrected chi connectivity index (χ4v) is 3.10. The van der Waals surface area contributed by atoms with Crippen LogP contribution in [0.3, 0.4) is 0 Å². The third kappa shape index (κ3) is 2.54. The summed E-state index contributed by atoms with van der Waals surface area (Å²) in [6, 6.07) is 9.58. The van der Waals surface area contributed by atoms with E-state index in [1.54, 1.807) is 14.2 Å². The number of Topliss-reactive ketones (excluding diaryl/α,β-unsaturated/α-hetero) is 1. The highest BCUT2D eigenvalue weighted by Crippen LogP contribution is 2.46. The smallest absolute Gasteiger partial charge is 0.203 e. The Hall–Kier alpha value is -2.49. The normalized spacial score (nSPS) is 12.9. The molecule has 1 aliphatic carbocycles. The van der Waals surface area contributed by atoms with Gasteiger partial charge < -0.3 is 14.2 Å². The van der Waals surface area contributed by atoms with Gasteiger partial charge >= 0.3 is 0 Å². The van der Waals surface area contributed by atoms with E-state index in [9.17, 15) is 4.79 Å². The fourth-order valence-electron chi connectivity index (χ4n) is 3.10. The van der Waals surface area contributed by atoms with Gasteiger partial charge in [0.2, 0.25) is 5.75 Å². The molecule has 119 valence electrons. The van der Waals surface area contributed by atoms with Crippen molar-refractivity contribution >= 4 is 5.78 Å². The van der Waals surface area contributed by atoms with E-state index in [0.29, 0.717) is 23.7 Å². The summed E-state index contributed by atoms with van der Waals surface area (Å²) in [6.07, 6.45) is 1.31. The predicted molar refractivity (Wildman–Crippen MR) is 88.5 cm³/mol. The Kier molecular flexibility index (Phi) is 4.24. The van der Waals surface area contributed by atoms with Crippen molar-refractivity contribution in [2.75, 3.05) is 20.8 Å². The monoisotopic (exact) mass is 311 g/mol. The molecule has 4 heteroatoms. The van der Waals surface area contributed by atoms with Crippen molar-refractivity contribution in [2.24, 2.45) is 0 Å². The molecule has 0 heterocycles. The summed E-state index contributed by atoms with van der Waals surface area (Å²) >= 11 is 0. The standard InChI is InChI=1S/C19H19O4/c1-4-23-18-15(9-11-17(21-2)19(18)22-3)12-6-5-7-14-13(12)8-10-16(14)20/h5-7,9,11H,1,4,8,10H2,2-3H3. The molecule has 0 bridgehead atoms. The minimum atomic E-state index is 0.196. The van der Waals surface area contributed by atoms with Crippen LogP contribution in [0.15, 0.2) is 30.3 Å². The highest BCUT2D eigenvalue weighted by atomic mass is 16.5. The van der Waals surface area contributed by atoms with E-state index in [1.807, 2.05) is 30.3 Å². The zero-order chi connectivity index (χ0) is 16.4. The van der Waals surface area contributed by atoms with Gasteiger partial charge in [0.1, 0.15) is 0 Å². The molecular weight excluding hydrogens is 292 g/mol. The Bertz CT molecular complexity index is 749. The van der Waals surface area contributed by atoms with Crippen LogP contribution >= 0.6 is 0 Å². The number of ketones is 1. The van der Waals surface area contributed by atoms with Crippen molar-refractivity contribution in [1.82, 2.24) is 0 Å². The first-order chi connectivity index (χ1) is 11.2. The molecule has 0 aliphatic heterocycles. The predicted octanol–water partition coefficient (Wildman–Crippen LogP) is 3.71. The van der Waals surface area contributed by atoms with Crippen LogP contribution in [0.25, 0.3) is 11.1 Å². The fraction of sp³-hybridized carbons (Fsp3) is 0.263. The summed E-state index contributed by atoms with van der Waals surface area (Å²) in [7, 11) is 3.17. The zero-order valence-electron chi connectivity index (χ0n) is 13.3. The molecule has 0 saturated carbocycles. The van der Waals surface area contributed by atoms with Gasteiger partial charge in [-0.05, 0) is 36.6 Å². The van der Waals surface area contributed by atoms with E-state index in [1.165, 1.54) is 0 Å². The van der Waals surface area contributed by atoms with Gasteiger partial charge in [0.25, 0.3) is 0 Å². The summed E-state index contributed by atoms with van der Waals surface area (Å²) in [4.78, 5) is 12.0. The van der Waals surface area contributed by atoms with E-state index in [2.05, 4.69) is 6.92 Å². The van der Waals surface area contributed by atoms with Crippen LogP contribution in [0.2, 0.25) is 0 Å². The second-order valence-electron chi connectivity index (χ2n) is 5.28. The van der Waals surface area contributed by atoms with Gasteiger partial charge in [-0.15, -0.1) is 0 Å². The molecule has 0 aromatic heterocycles. The molecule has 23 heavy (non-hydrogen) atoms. The Balaban J connectivity index is 2.23. The van der Waals surface area contributed by atoms with E-state index < -0.39 is 0 Å². The highest BCUT2D eigenvalue weighted by Gasteiger charge is 2.25. The van der Waals surface area contributed by atoms with Gasteiger partial charge in [-0.2, -0.15) is 0 Å². The topological polar surface area (TPSA) is 44.8 Å². The maximum absolute atomic E-state index is 12.0.